The average Bonchev–Trinajstić information content (AvgIpc) is 3.27. The number of hydrogen-bond acceptors (Lipinski definition) is 2. The van der Waals surface area contributed by atoms with Crippen molar-refractivity contribution in [2.24, 2.45) is 0 Å². The molecule has 0 aromatic heterocycles. The highest BCUT2D eigenvalue weighted by Crippen LogP contribution is 2.40. The fourth-order valence-corrected chi connectivity index (χ4v) is 7.04. The summed E-state index contributed by atoms with van der Waals surface area (Å²) in [6.45, 7) is 16.7. The summed E-state index contributed by atoms with van der Waals surface area (Å²) in [6, 6.07) is 25.6. The van der Waals surface area contributed by atoms with Crippen LogP contribution in [-0.2, 0) is 0 Å². The number of carbonyl (C=O) groups is 2. The van der Waals surface area contributed by atoms with Gasteiger partial charge in [0.15, 0.2) is 11.3 Å². The van der Waals surface area contributed by atoms with Crippen LogP contribution in [0, 0.1) is 5.92 Å². The first-order valence-corrected chi connectivity index (χ1v) is 16.0. The number of allylic oxidation sites excluding steroid dienone is 4. The zero-order valence-electron chi connectivity index (χ0n) is 27.9. The Bertz CT molecular complexity index is 2030. The Kier molecular flexibility index (Phi) is 6.38. The van der Waals surface area contributed by atoms with Gasteiger partial charge in [0.05, 0.1) is 33.3 Å². The minimum Gasteiger partial charge on any atom is -0.330 e. The highest BCUT2D eigenvalue weighted by molar-refractivity contribution is 6.09. The summed E-state index contributed by atoms with van der Waals surface area (Å²) in [6.07, 6.45) is 8.39. The first kappa shape index (κ1) is 29.8. The van der Waals surface area contributed by atoms with Crippen LogP contribution >= 0.6 is 0 Å². The van der Waals surface area contributed by atoms with Gasteiger partial charge >= 0.3 is 12.1 Å². The largest absolute Gasteiger partial charge is 0.493 e. The van der Waals surface area contributed by atoms with Crippen molar-refractivity contribution in [3.63, 3.8) is 0 Å². The predicted octanol–water partition coefficient (Wildman–Crippen LogP) is 8.53. The molecule has 2 heterocycles. The number of urea groups is 2. The number of anilines is 1. The molecule has 0 bridgehead atoms. The van der Waals surface area contributed by atoms with Crippen molar-refractivity contribution in [2.45, 2.75) is 77.5 Å². The summed E-state index contributed by atoms with van der Waals surface area (Å²) >= 11 is 0. The third kappa shape index (κ3) is 4.30. The minimum atomic E-state index is -0.389. The van der Waals surface area contributed by atoms with Gasteiger partial charge in [0, 0.05) is 40.8 Å². The highest BCUT2D eigenvalue weighted by Gasteiger charge is 2.58. The Hall–Kier alpha value is -4.84. The van der Waals surface area contributed by atoms with Gasteiger partial charge in [0.1, 0.15) is 5.54 Å². The molecule has 6 heteroatoms. The van der Waals surface area contributed by atoms with Gasteiger partial charge in [-0.15, -0.1) is 0 Å². The smallest absolute Gasteiger partial charge is 0.330 e. The van der Waals surface area contributed by atoms with Gasteiger partial charge in [-0.25, -0.2) is 10.1 Å². The molecule has 6 nitrogen and oxygen atoms in total. The van der Waals surface area contributed by atoms with Crippen molar-refractivity contribution in [2.75, 3.05) is 4.90 Å². The quantitative estimate of drug-likeness (QED) is 0.139. The van der Waals surface area contributed by atoms with E-state index in [1.807, 2.05) is 21.6 Å². The van der Waals surface area contributed by atoms with E-state index in [9.17, 15) is 9.59 Å². The van der Waals surface area contributed by atoms with Crippen LogP contribution in [0.4, 0.5) is 15.3 Å². The van der Waals surface area contributed by atoms with Crippen LogP contribution in [0.1, 0.15) is 61.0 Å². The standard InChI is InChI=1S/C40H40N4O2/c1-37(2)39(5,6)43(35(45)41-37)30-18-13-25(14-19-30)27-17-22-33-29(23-27)24-28-11-9-10-12-32(28)34(33)26-15-20-31(21-16-26)44-36(46)42-38(3,4)40(44,7)8/h9-24H,1-8H3/p+2. The van der Waals surface area contributed by atoms with Crippen LogP contribution < -0.4 is 15.5 Å². The van der Waals surface area contributed by atoms with E-state index in [0.717, 1.165) is 33.8 Å². The Morgan fingerprint density at radius 3 is 1.91 bits per heavy atom. The van der Waals surface area contributed by atoms with Crippen molar-refractivity contribution in [1.29, 1.82) is 0 Å². The number of hydrogen-bond donors (Lipinski definition) is 2. The van der Waals surface area contributed by atoms with E-state index in [2.05, 4.69) is 151 Å². The summed E-state index contributed by atoms with van der Waals surface area (Å²) in [4.78, 5) is 27.8. The van der Waals surface area contributed by atoms with Gasteiger partial charge in [-0.3, -0.25) is 4.90 Å². The summed E-state index contributed by atoms with van der Waals surface area (Å²) in [7, 11) is 0. The lowest BCUT2D eigenvalue weighted by Gasteiger charge is -2.38. The number of benzene rings is 4. The van der Waals surface area contributed by atoms with E-state index in [-0.39, 0.29) is 34.2 Å². The summed E-state index contributed by atoms with van der Waals surface area (Å²) in [5, 5.41) is 11.0. The lowest BCUT2D eigenvalue weighted by Crippen LogP contribution is -2.53. The first-order valence-electron chi connectivity index (χ1n) is 16.0. The maximum absolute atomic E-state index is 13.0. The van der Waals surface area contributed by atoms with Crippen molar-refractivity contribution < 1.29 is 14.2 Å². The second-order valence-corrected chi connectivity index (χ2v) is 14.9. The Balaban J connectivity index is 1.26. The van der Waals surface area contributed by atoms with Crippen molar-refractivity contribution in [3.8, 4) is 11.1 Å². The molecule has 4 aromatic carbocycles. The molecule has 3 aliphatic rings. The van der Waals surface area contributed by atoms with E-state index in [1.54, 1.807) is 0 Å². The van der Waals surface area contributed by atoms with E-state index in [1.165, 1.54) is 21.7 Å². The number of amides is 4. The van der Waals surface area contributed by atoms with Crippen LogP contribution in [0.25, 0.3) is 32.7 Å². The first-order chi connectivity index (χ1) is 21.6. The maximum Gasteiger partial charge on any atom is 0.493 e. The van der Waals surface area contributed by atoms with Crippen LogP contribution in [0.2, 0.25) is 0 Å². The van der Waals surface area contributed by atoms with Gasteiger partial charge in [0.25, 0.3) is 0 Å². The van der Waals surface area contributed by atoms with Gasteiger partial charge < -0.3 is 5.32 Å². The zero-order valence-corrected chi connectivity index (χ0v) is 27.9. The molecule has 2 fully saturated rings. The molecule has 4 amide bonds. The Morgan fingerprint density at radius 2 is 1.30 bits per heavy atom. The second-order valence-electron chi connectivity index (χ2n) is 14.9. The molecule has 0 atom stereocenters. The molecule has 4 aromatic rings. The lowest BCUT2D eigenvalue weighted by molar-refractivity contribution is -0.500. The Labute approximate surface area is 271 Å². The van der Waals surface area contributed by atoms with Crippen LogP contribution in [0.5, 0.6) is 0 Å². The predicted molar refractivity (Wildman–Crippen MR) is 189 cm³/mol. The Morgan fingerprint density at radius 1 is 0.674 bits per heavy atom. The van der Waals surface area contributed by atoms with Gasteiger partial charge in [0.2, 0.25) is 0 Å². The molecular weight excluding hydrogens is 568 g/mol. The maximum atomic E-state index is 13.0. The number of rotatable bonds is 3. The average molecular weight is 611 g/mol. The normalized spacial score (nSPS) is 21.0. The molecule has 2 N–H and O–H groups in total. The topological polar surface area (TPSA) is 64.5 Å². The summed E-state index contributed by atoms with van der Waals surface area (Å²) in [5.41, 5.74) is 3.68. The van der Waals surface area contributed by atoms with Crippen LogP contribution in [-0.4, -0.2) is 44.5 Å². The SMILES string of the molecule is CC1(C)NC(=O)N(c2ccc(-c3ccc4c([C+]5C=CC(=[N+]6C(=O)NC(C)(C)C6(C)C)C=C5)c5ccccc5cc4c3)cc2)C1(C)C. The monoisotopic (exact) mass is 610 g/mol. The summed E-state index contributed by atoms with van der Waals surface area (Å²) in [5.74, 6) is 1.11. The summed E-state index contributed by atoms with van der Waals surface area (Å²) < 4.78 is 1.87. The molecule has 2 saturated heterocycles. The van der Waals surface area contributed by atoms with Gasteiger partial charge in [-0.1, -0.05) is 24.3 Å². The minimum absolute atomic E-state index is 0.0721. The number of nitrogens with one attached hydrogen (secondary N) is 2. The molecular formula is C40H42N4O2+2. The molecule has 0 spiro atoms. The third-order valence-corrected chi connectivity index (χ3v) is 11.2. The molecule has 0 unspecified atom stereocenters. The van der Waals surface area contributed by atoms with Crippen LogP contribution in [0.15, 0.2) is 97.1 Å². The van der Waals surface area contributed by atoms with Gasteiger partial charge in [-0.2, -0.15) is 9.37 Å². The van der Waals surface area contributed by atoms with Crippen molar-refractivity contribution >= 4 is 45.0 Å². The fraction of sp³-hybridized carbons (Fsp3) is 0.300. The van der Waals surface area contributed by atoms with Crippen LogP contribution in [0.3, 0.4) is 0 Å². The molecule has 46 heavy (non-hydrogen) atoms. The van der Waals surface area contributed by atoms with E-state index >= 15 is 0 Å². The van der Waals surface area contributed by atoms with E-state index < -0.39 is 0 Å². The van der Waals surface area contributed by atoms with E-state index in [0.29, 0.717) is 0 Å². The molecule has 2 aliphatic heterocycles. The lowest BCUT2D eigenvalue weighted by atomic mass is 9.83. The molecule has 7 rings (SSSR count). The zero-order chi connectivity index (χ0) is 32.8. The van der Waals surface area contributed by atoms with E-state index in [4.69, 9.17) is 0 Å². The molecule has 0 saturated carbocycles. The second kappa shape index (κ2) is 9.83. The number of fused-ring (bicyclic) bond motifs is 2. The molecule has 0 radical (unpaired) electrons. The number of nitrogens with zero attached hydrogens (tertiary/aromatic N) is 2. The van der Waals surface area contributed by atoms with Crippen molar-refractivity contribution in [1.82, 2.24) is 10.6 Å². The van der Waals surface area contributed by atoms with Crippen molar-refractivity contribution in [3.05, 3.63) is 109 Å². The fourth-order valence-electron chi connectivity index (χ4n) is 7.04. The molecule has 232 valence electrons. The third-order valence-electron chi connectivity index (χ3n) is 11.2. The highest BCUT2D eigenvalue weighted by atomic mass is 16.2. The van der Waals surface area contributed by atoms with Gasteiger partial charge in [-0.05, 0) is 115 Å². The molecule has 1 aliphatic carbocycles. The number of carbonyl (C=O) groups excluding carboxylic acids is 2.